The van der Waals surface area contributed by atoms with Crippen LogP contribution < -0.4 is 10.5 Å². The third-order valence-corrected chi connectivity index (χ3v) is 4.20. The van der Waals surface area contributed by atoms with Crippen LogP contribution in [0.15, 0.2) is 9.31 Å². The molecule has 0 fully saturated rings. The highest BCUT2D eigenvalue weighted by atomic mass is 32.2. The highest BCUT2D eigenvalue weighted by Crippen LogP contribution is 2.25. The first kappa shape index (κ1) is 15.2. The van der Waals surface area contributed by atoms with Gasteiger partial charge in [0, 0.05) is 25.3 Å². The van der Waals surface area contributed by atoms with E-state index in [9.17, 15) is 8.42 Å². The maximum Gasteiger partial charge on any atom is 0.244 e. The highest BCUT2D eigenvalue weighted by Gasteiger charge is 2.25. The minimum absolute atomic E-state index is 0.130. The lowest BCUT2D eigenvalue weighted by Gasteiger charge is -2.07. The first-order valence-electron chi connectivity index (χ1n) is 5.80. The molecule has 0 saturated carbocycles. The zero-order valence-corrected chi connectivity index (χ0v) is 11.8. The molecule has 0 aliphatic carbocycles. The molecule has 3 N–H and O–H groups in total. The van der Waals surface area contributed by atoms with E-state index in [1.807, 2.05) is 6.92 Å². The SMILES string of the molecule is CCOCCNS(=O)(=O)c1c(C)oc(C)c1CN. The summed E-state index contributed by atoms with van der Waals surface area (Å²) < 4.78 is 37.1. The van der Waals surface area contributed by atoms with Gasteiger partial charge in [-0.2, -0.15) is 0 Å². The highest BCUT2D eigenvalue weighted by molar-refractivity contribution is 7.89. The van der Waals surface area contributed by atoms with E-state index >= 15 is 0 Å². The van der Waals surface area contributed by atoms with Crippen molar-refractivity contribution in [1.82, 2.24) is 4.72 Å². The Labute approximate surface area is 108 Å². The van der Waals surface area contributed by atoms with Crippen LogP contribution in [0.2, 0.25) is 0 Å². The van der Waals surface area contributed by atoms with Gasteiger partial charge >= 0.3 is 0 Å². The molecular weight excluding hydrogens is 256 g/mol. The number of furan rings is 1. The Hall–Kier alpha value is -0.890. The number of hydrogen-bond acceptors (Lipinski definition) is 5. The Morgan fingerprint density at radius 3 is 2.56 bits per heavy atom. The molecule has 1 aromatic heterocycles. The first-order chi connectivity index (χ1) is 8.44. The number of sulfonamides is 1. The minimum Gasteiger partial charge on any atom is -0.465 e. The third-order valence-electron chi connectivity index (χ3n) is 2.54. The van der Waals surface area contributed by atoms with Crippen LogP contribution in [0.4, 0.5) is 0 Å². The summed E-state index contributed by atoms with van der Waals surface area (Å²) in [6.45, 7) is 6.42. The number of nitrogens with two attached hydrogens (primary N) is 1. The van der Waals surface area contributed by atoms with Gasteiger partial charge in [-0.15, -0.1) is 0 Å². The van der Waals surface area contributed by atoms with Crippen molar-refractivity contribution in [2.24, 2.45) is 5.73 Å². The number of nitrogens with one attached hydrogen (secondary N) is 1. The molecular formula is C11H20N2O4S. The molecule has 0 atom stereocenters. The normalized spacial score (nSPS) is 12.0. The van der Waals surface area contributed by atoms with Crippen LogP contribution in [0.5, 0.6) is 0 Å². The van der Waals surface area contributed by atoms with E-state index in [0.29, 0.717) is 30.3 Å². The van der Waals surface area contributed by atoms with Crippen LogP contribution in [0.1, 0.15) is 24.0 Å². The molecule has 18 heavy (non-hydrogen) atoms. The number of aryl methyl sites for hydroxylation is 2. The van der Waals surface area contributed by atoms with E-state index in [2.05, 4.69) is 4.72 Å². The van der Waals surface area contributed by atoms with E-state index in [1.165, 1.54) is 0 Å². The number of hydrogen-bond donors (Lipinski definition) is 2. The fourth-order valence-electron chi connectivity index (χ4n) is 1.76. The van der Waals surface area contributed by atoms with Crippen LogP contribution in [0.3, 0.4) is 0 Å². The second kappa shape index (κ2) is 6.33. The second-order valence-electron chi connectivity index (χ2n) is 3.82. The molecule has 0 aromatic carbocycles. The third kappa shape index (κ3) is 3.32. The Balaban J connectivity index is 2.91. The van der Waals surface area contributed by atoms with Crippen molar-refractivity contribution >= 4 is 10.0 Å². The summed E-state index contributed by atoms with van der Waals surface area (Å²) in [4.78, 5) is 0.152. The average molecular weight is 276 g/mol. The lowest BCUT2D eigenvalue weighted by Crippen LogP contribution is -2.28. The molecule has 1 rings (SSSR count). The summed E-state index contributed by atoms with van der Waals surface area (Å²) >= 11 is 0. The molecule has 6 nitrogen and oxygen atoms in total. The molecule has 0 amide bonds. The van der Waals surface area contributed by atoms with E-state index in [-0.39, 0.29) is 18.0 Å². The van der Waals surface area contributed by atoms with Crippen LogP contribution in [-0.4, -0.2) is 28.2 Å². The molecule has 0 unspecified atom stereocenters. The largest absolute Gasteiger partial charge is 0.465 e. The van der Waals surface area contributed by atoms with Crippen molar-refractivity contribution in [2.75, 3.05) is 19.8 Å². The average Bonchev–Trinajstić information content (AvgIpc) is 2.59. The van der Waals surface area contributed by atoms with Crippen LogP contribution in [0, 0.1) is 13.8 Å². The molecule has 0 saturated heterocycles. The second-order valence-corrected chi connectivity index (χ2v) is 5.52. The number of ether oxygens (including phenoxy) is 1. The fourth-order valence-corrected chi connectivity index (χ4v) is 3.23. The molecule has 7 heteroatoms. The summed E-state index contributed by atoms with van der Waals surface area (Å²) in [5.41, 5.74) is 6.09. The number of rotatable bonds is 7. The molecule has 104 valence electrons. The summed E-state index contributed by atoms with van der Waals surface area (Å²) in [7, 11) is -3.60. The van der Waals surface area contributed by atoms with E-state index in [4.69, 9.17) is 14.9 Å². The Bertz CT molecular complexity index is 493. The van der Waals surface area contributed by atoms with Crippen molar-refractivity contribution in [1.29, 1.82) is 0 Å². The van der Waals surface area contributed by atoms with Crippen molar-refractivity contribution in [3.63, 3.8) is 0 Å². The van der Waals surface area contributed by atoms with Gasteiger partial charge in [-0.1, -0.05) is 0 Å². The molecule has 0 aliphatic rings. The van der Waals surface area contributed by atoms with Crippen LogP contribution >= 0.6 is 0 Å². The maximum atomic E-state index is 12.1. The summed E-state index contributed by atoms with van der Waals surface area (Å²) in [6.07, 6.45) is 0. The van der Waals surface area contributed by atoms with Crippen molar-refractivity contribution in [3.8, 4) is 0 Å². The van der Waals surface area contributed by atoms with Gasteiger partial charge in [-0.25, -0.2) is 13.1 Å². The van der Waals surface area contributed by atoms with Crippen molar-refractivity contribution < 1.29 is 17.6 Å². The molecule has 1 heterocycles. The van der Waals surface area contributed by atoms with Gasteiger partial charge in [0.1, 0.15) is 16.4 Å². The summed E-state index contributed by atoms with van der Waals surface area (Å²) in [5, 5.41) is 0. The first-order valence-corrected chi connectivity index (χ1v) is 7.28. The van der Waals surface area contributed by atoms with Gasteiger partial charge in [-0.05, 0) is 20.8 Å². The predicted octanol–water partition coefficient (Wildman–Crippen LogP) is 0.670. The zero-order chi connectivity index (χ0) is 13.8. The molecule has 0 aliphatic heterocycles. The Morgan fingerprint density at radius 1 is 1.33 bits per heavy atom. The van der Waals surface area contributed by atoms with Gasteiger partial charge in [0.15, 0.2) is 0 Å². The topological polar surface area (TPSA) is 94.6 Å². The van der Waals surface area contributed by atoms with Gasteiger partial charge in [0.05, 0.1) is 6.61 Å². The van der Waals surface area contributed by atoms with Crippen LogP contribution in [-0.2, 0) is 21.3 Å². The van der Waals surface area contributed by atoms with Crippen molar-refractivity contribution in [3.05, 3.63) is 17.1 Å². The Morgan fingerprint density at radius 2 is 2.00 bits per heavy atom. The fraction of sp³-hybridized carbons (Fsp3) is 0.636. The molecule has 0 spiro atoms. The molecule has 0 bridgehead atoms. The van der Waals surface area contributed by atoms with Gasteiger partial charge < -0.3 is 14.9 Å². The zero-order valence-electron chi connectivity index (χ0n) is 10.9. The summed E-state index contributed by atoms with van der Waals surface area (Å²) in [5.74, 6) is 0.900. The maximum absolute atomic E-state index is 12.1. The smallest absolute Gasteiger partial charge is 0.244 e. The van der Waals surface area contributed by atoms with Gasteiger partial charge in [0.2, 0.25) is 10.0 Å². The molecule has 1 aromatic rings. The van der Waals surface area contributed by atoms with E-state index in [0.717, 1.165) is 0 Å². The van der Waals surface area contributed by atoms with Gasteiger partial charge in [0.25, 0.3) is 0 Å². The monoisotopic (exact) mass is 276 g/mol. The standard InChI is InChI=1S/C11H20N2O4S/c1-4-16-6-5-13-18(14,15)11-9(3)17-8(2)10(11)7-12/h13H,4-7,12H2,1-3H3. The molecule has 0 radical (unpaired) electrons. The quantitative estimate of drug-likeness (QED) is 0.714. The minimum atomic E-state index is -3.60. The van der Waals surface area contributed by atoms with Crippen LogP contribution in [0.25, 0.3) is 0 Å². The van der Waals surface area contributed by atoms with Gasteiger partial charge in [-0.3, -0.25) is 0 Å². The predicted molar refractivity (Wildman–Crippen MR) is 67.8 cm³/mol. The summed E-state index contributed by atoms with van der Waals surface area (Å²) in [6, 6.07) is 0. The van der Waals surface area contributed by atoms with Crippen molar-refractivity contribution in [2.45, 2.75) is 32.2 Å². The van der Waals surface area contributed by atoms with E-state index in [1.54, 1.807) is 13.8 Å². The Kier molecular flexibility index (Phi) is 5.33. The lowest BCUT2D eigenvalue weighted by molar-refractivity contribution is 0.153. The van der Waals surface area contributed by atoms with E-state index < -0.39 is 10.0 Å². The lowest BCUT2D eigenvalue weighted by atomic mass is 10.2.